The lowest BCUT2D eigenvalue weighted by molar-refractivity contribution is -0.274. The second kappa shape index (κ2) is 7.26. The van der Waals surface area contributed by atoms with Crippen molar-refractivity contribution in [3.05, 3.63) is 59.8 Å². The van der Waals surface area contributed by atoms with Gasteiger partial charge < -0.3 is 15.0 Å². The Morgan fingerprint density at radius 2 is 1.74 bits per heavy atom. The maximum absolute atomic E-state index is 13.4. The summed E-state index contributed by atoms with van der Waals surface area (Å²) in [4.78, 5) is 14.8. The summed E-state index contributed by atoms with van der Waals surface area (Å²) >= 11 is 0. The molecule has 2 aromatic carbocycles. The van der Waals surface area contributed by atoms with Crippen molar-refractivity contribution in [3.63, 3.8) is 0 Å². The number of hydrogen-bond donors (Lipinski definition) is 2. The molecule has 0 saturated heterocycles. The molecule has 0 spiro atoms. The number of nitrogens with one attached hydrogen (secondary N) is 2. The molecule has 0 unspecified atom stereocenters. The number of aromatic amines is 1. The van der Waals surface area contributed by atoms with E-state index in [1.54, 1.807) is 0 Å². The van der Waals surface area contributed by atoms with Crippen molar-refractivity contribution in [3.8, 4) is 5.75 Å². The van der Waals surface area contributed by atoms with Gasteiger partial charge in [0, 0.05) is 24.1 Å². The highest BCUT2D eigenvalue weighted by molar-refractivity contribution is 6.01. The minimum Gasteiger partial charge on any atom is -0.406 e. The van der Waals surface area contributed by atoms with Crippen LogP contribution in [0, 0.1) is 11.6 Å². The van der Waals surface area contributed by atoms with Gasteiger partial charge >= 0.3 is 6.36 Å². The van der Waals surface area contributed by atoms with Crippen molar-refractivity contribution in [1.29, 1.82) is 0 Å². The lowest BCUT2D eigenvalue weighted by atomic mass is 10.1. The van der Waals surface area contributed by atoms with E-state index >= 15 is 0 Å². The third-order valence-corrected chi connectivity index (χ3v) is 3.79. The van der Waals surface area contributed by atoms with E-state index in [0.29, 0.717) is 22.2 Å². The number of anilines is 1. The molecule has 0 aliphatic heterocycles. The Bertz CT molecular complexity index is 964. The van der Waals surface area contributed by atoms with Crippen LogP contribution in [0.3, 0.4) is 0 Å². The molecule has 1 heterocycles. The quantitative estimate of drug-likeness (QED) is 0.614. The lowest BCUT2D eigenvalue weighted by Crippen LogP contribution is -2.17. The van der Waals surface area contributed by atoms with Gasteiger partial charge in [-0.15, -0.1) is 13.2 Å². The molecular weight excluding hydrogens is 371 g/mol. The molecule has 0 atom stereocenters. The van der Waals surface area contributed by atoms with Crippen molar-refractivity contribution in [2.24, 2.45) is 0 Å². The Labute approximate surface area is 149 Å². The first kappa shape index (κ1) is 18.7. The molecule has 0 aliphatic rings. The highest BCUT2D eigenvalue weighted by Crippen LogP contribution is 2.26. The smallest absolute Gasteiger partial charge is 0.406 e. The number of hydrogen-bond acceptors (Lipinski definition) is 2. The molecule has 142 valence electrons. The molecule has 3 aromatic rings. The summed E-state index contributed by atoms with van der Waals surface area (Å²) < 4.78 is 66.7. The van der Waals surface area contributed by atoms with E-state index in [9.17, 15) is 26.7 Å². The Balaban J connectivity index is 1.59. The zero-order chi connectivity index (χ0) is 19.6. The van der Waals surface area contributed by atoms with Gasteiger partial charge in [-0.3, -0.25) is 4.79 Å². The molecular formula is C18H13F5N2O2. The number of halogens is 5. The Kier molecular flexibility index (Phi) is 5.02. The molecule has 4 nitrogen and oxygen atoms in total. The monoisotopic (exact) mass is 384 g/mol. The van der Waals surface area contributed by atoms with Crippen LogP contribution in [0.25, 0.3) is 10.9 Å². The summed E-state index contributed by atoms with van der Waals surface area (Å²) in [5.74, 6) is -2.75. The predicted octanol–water partition coefficient (Wildman–Crippen LogP) is 4.92. The van der Waals surface area contributed by atoms with Crippen molar-refractivity contribution in [2.75, 3.05) is 5.32 Å². The third-order valence-electron chi connectivity index (χ3n) is 3.79. The van der Waals surface area contributed by atoms with Crippen LogP contribution in [0.1, 0.15) is 12.0 Å². The highest BCUT2D eigenvalue weighted by atomic mass is 19.4. The molecule has 0 aliphatic carbocycles. The van der Waals surface area contributed by atoms with E-state index in [1.165, 1.54) is 18.3 Å². The Morgan fingerprint density at radius 3 is 2.41 bits per heavy atom. The number of aromatic nitrogens is 1. The van der Waals surface area contributed by atoms with E-state index < -0.39 is 18.0 Å². The van der Waals surface area contributed by atoms with Gasteiger partial charge in [0.1, 0.15) is 5.75 Å². The number of rotatable bonds is 5. The Morgan fingerprint density at radius 1 is 1.07 bits per heavy atom. The minimum absolute atomic E-state index is 0.0514. The number of alkyl halides is 3. The van der Waals surface area contributed by atoms with Crippen molar-refractivity contribution in [1.82, 2.24) is 4.98 Å². The normalized spacial score (nSPS) is 11.6. The molecule has 0 saturated carbocycles. The Hall–Kier alpha value is -3.10. The number of ether oxygens (including phenoxy) is 1. The van der Waals surface area contributed by atoms with Gasteiger partial charge in [-0.1, -0.05) is 12.1 Å². The number of carbonyl (C=O) groups excluding carboxylic acids is 1. The number of amides is 1. The first-order valence-corrected chi connectivity index (χ1v) is 7.82. The number of benzene rings is 2. The predicted molar refractivity (Wildman–Crippen MR) is 88.3 cm³/mol. The average molecular weight is 384 g/mol. The van der Waals surface area contributed by atoms with Crippen molar-refractivity contribution >= 4 is 22.5 Å². The number of fused-ring (bicyclic) bond motifs is 1. The maximum atomic E-state index is 13.4. The third kappa shape index (κ3) is 4.75. The lowest BCUT2D eigenvalue weighted by Gasteiger charge is -2.09. The SMILES string of the molecule is O=C(CCc1ccc(OC(F)(F)F)cc1)Nc1c[nH]c2cc(F)c(F)cc12. The van der Waals surface area contributed by atoms with E-state index in [-0.39, 0.29) is 24.5 Å². The largest absolute Gasteiger partial charge is 0.573 e. The van der Waals surface area contributed by atoms with Crippen LogP contribution in [0.5, 0.6) is 5.75 Å². The fraction of sp³-hybridized carbons (Fsp3) is 0.167. The summed E-state index contributed by atoms with van der Waals surface area (Å²) in [5.41, 5.74) is 1.29. The van der Waals surface area contributed by atoms with Crippen LogP contribution in [0.15, 0.2) is 42.6 Å². The molecule has 3 rings (SSSR count). The van der Waals surface area contributed by atoms with Crippen LogP contribution in [0.4, 0.5) is 27.6 Å². The fourth-order valence-electron chi connectivity index (χ4n) is 2.55. The molecule has 0 radical (unpaired) electrons. The fourth-order valence-corrected chi connectivity index (χ4v) is 2.55. The van der Waals surface area contributed by atoms with Gasteiger partial charge in [0.15, 0.2) is 11.6 Å². The minimum atomic E-state index is -4.76. The summed E-state index contributed by atoms with van der Waals surface area (Å²) in [7, 11) is 0. The van der Waals surface area contributed by atoms with Gasteiger partial charge in [0.2, 0.25) is 5.91 Å². The van der Waals surface area contributed by atoms with Gasteiger partial charge in [0.05, 0.1) is 11.2 Å². The van der Waals surface area contributed by atoms with Gasteiger partial charge in [0.25, 0.3) is 0 Å². The molecule has 1 aromatic heterocycles. The van der Waals surface area contributed by atoms with Crippen LogP contribution >= 0.6 is 0 Å². The molecule has 0 bridgehead atoms. The molecule has 2 N–H and O–H groups in total. The molecule has 1 amide bonds. The first-order chi connectivity index (χ1) is 12.7. The first-order valence-electron chi connectivity index (χ1n) is 7.82. The van der Waals surface area contributed by atoms with Crippen LogP contribution < -0.4 is 10.1 Å². The summed E-state index contributed by atoms with van der Waals surface area (Å²) in [5, 5.41) is 2.92. The van der Waals surface area contributed by atoms with E-state index in [4.69, 9.17) is 0 Å². The maximum Gasteiger partial charge on any atom is 0.573 e. The second-order valence-electron chi connectivity index (χ2n) is 5.75. The van der Waals surface area contributed by atoms with Crippen molar-refractivity contribution < 1.29 is 31.5 Å². The second-order valence-corrected chi connectivity index (χ2v) is 5.75. The van der Waals surface area contributed by atoms with Crippen molar-refractivity contribution in [2.45, 2.75) is 19.2 Å². The molecule has 9 heteroatoms. The van der Waals surface area contributed by atoms with Gasteiger partial charge in [-0.25, -0.2) is 8.78 Å². The van der Waals surface area contributed by atoms with E-state index in [0.717, 1.165) is 24.3 Å². The highest BCUT2D eigenvalue weighted by Gasteiger charge is 2.30. The number of aryl methyl sites for hydroxylation is 1. The number of H-pyrrole nitrogens is 1. The summed E-state index contributed by atoms with van der Waals surface area (Å²) in [6.45, 7) is 0. The number of carbonyl (C=O) groups is 1. The van der Waals surface area contributed by atoms with Gasteiger partial charge in [-0.2, -0.15) is 0 Å². The van der Waals surface area contributed by atoms with E-state index in [1.807, 2.05) is 0 Å². The topological polar surface area (TPSA) is 54.1 Å². The van der Waals surface area contributed by atoms with Gasteiger partial charge in [-0.05, 0) is 30.2 Å². The van der Waals surface area contributed by atoms with Crippen LogP contribution in [-0.2, 0) is 11.2 Å². The summed E-state index contributed by atoms with van der Waals surface area (Å²) in [6, 6.07) is 7.16. The van der Waals surface area contributed by atoms with Crippen LogP contribution in [0.2, 0.25) is 0 Å². The zero-order valence-corrected chi connectivity index (χ0v) is 13.7. The zero-order valence-electron chi connectivity index (χ0n) is 13.7. The standard InChI is InChI=1S/C18H13F5N2O2/c19-13-7-12-15(8-14(13)20)24-9-16(12)25-17(26)6-3-10-1-4-11(5-2-10)27-18(21,22)23/h1-2,4-5,7-9,24H,3,6H2,(H,25,26). The molecule has 0 fully saturated rings. The average Bonchev–Trinajstić information content (AvgIpc) is 2.95. The summed E-state index contributed by atoms with van der Waals surface area (Å²) in [6.07, 6.45) is -3.01. The van der Waals surface area contributed by atoms with Crippen LogP contribution in [-0.4, -0.2) is 17.3 Å². The molecule has 27 heavy (non-hydrogen) atoms. The van der Waals surface area contributed by atoms with E-state index in [2.05, 4.69) is 15.0 Å².